The number of nitrogens with one attached hydrogen (secondary N) is 3. The highest BCUT2D eigenvalue weighted by Crippen LogP contribution is 2.17. The van der Waals surface area contributed by atoms with Gasteiger partial charge in [-0.25, -0.2) is 0 Å². The fraction of sp³-hybridized carbons (Fsp3) is 0.484. The van der Waals surface area contributed by atoms with Gasteiger partial charge in [-0.05, 0) is 29.9 Å². The Bertz CT molecular complexity index is 1180. The zero-order valence-electron chi connectivity index (χ0n) is 25.0. The lowest BCUT2D eigenvalue weighted by atomic mass is 10.00. The average Bonchev–Trinajstić information content (AvgIpc) is 2.99. The van der Waals surface area contributed by atoms with Gasteiger partial charge >= 0.3 is 5.97 Å². The van der Waals surface area contributed by atoms with Crippen molar-refractivity contribution in [2.45, 2.75) is 76.1 Å². The number of hydrogen-bond donors (Lipinski definition) is 8. The van der Waals surface area contributed by atoms with Gasteiger partial charge in [0.15, 0.2) is 6.10 Å². The summed E-state index contributed by atoms with van der Waals surface area (Å²) in [5.41, 5.74) is 7.38. The summed E-state index contributed by atoms with van der Waals surface area (Å²) in [7, 11) is 0. The molecular formula is C31H44N4O9. The van der Waals surface area contributed by atoms with Crippen molar-refractivity contribution in [2.24, 2.45) is 11.7 Å². The zero-order chi connectivity index (χ0) is 32.6. The monoisotopic (exact) mass is 616 g/mol. The van der Waals surface area contributed by atoms with E-state index in [0.29, 0.717) is 5.56 Å². The van der Waals surface area contributed by atoms with Gasteiger partial charge in [-0.2, -0.15) is 0 Å². The number of carboxylic acids is 1. The minimum absolute atomic E-state index is 0.0105. The Kier molecular flexibility index (Phi) is 15.4. The van der Waals surface area contributed by atoms with E-state index in [4.69, 9.17) is 10.5 Å². The minimum Gasteiger partial charge on any atom is -0.481 e. The van der Waals surface area contributed by atoms with Crippen molar-refractivity contribution in [2.75, 3.05) is 13.2 Å². The first-order chi connectivity index (χ1) is 20.9. The Morgan fingerprint density at radius 2 is 1.45 bits per heavy atom. The molecule has 0 saturated carbocycles. The van der Waals surface area contributed by atoms with Crippen LogP contribution in [-0.4, -0.2) is 87.7 Å². The SMILES string of the molecule is CC(C)C[C@H](NC(=O)[C@@H](N)COCc1ccccc1)C(=O)N[C@@H](CO)C[C@@H](O)[C@H](O)C(=O)N[C@@H](CC(=O)O)c1ccccc1. The van der Waals surface area contributed by atoms with Crippen LogP contribution >= 0.6 is 0 Å². The number of carbonyl (C=O) groups is 4. The average molecular weight is 617 g/mol. The zero-order valence-corrected chi connectivity index (χ0v) is 25.0. The van der Waals surface area contributed by atoms with Gasteiger partial charge in [-0.15, -0.1) is 0 Å². The first kappa shape index (κ1) is 36.3. The van der Waals surface area contributed by atoms with Crippen molar-refractivity contribution >= 4 is 23.7 Å². The van der Waals surface area contributed by atoms with Crippen molar-refractivity contribution in [3.8, 4) is 0 Å². The molecule has 0 heterocycles. The summed E-state index contributed by atoms with van der Waals surface area (Å²) in [4.78, 5) is 49.8. The third-order valence-electron chi connectivity index (χ3n) is 6.71. The number of aliphatic hydroxyl groups excluding tert-OH is 3. The molecule has 13 heteroatoms. The second kappa shape index (κ2) is 18.7. The largest absolute Gasteiger partial charge is 0.481 e. The summed E-state index contributed by atoms with van der Waals surface area (Å²) in [5, 5.41) is 47.7. The van der Waals surface area contributed by atoms with Crippen LogP contribution in [0, 0.1) is 5.92 Å². The Hall–Kier alpha value is -3.88. The van der Waals surface area contributed by atoms with E-state index in [-0.39, 0.29) is 25.6 Å². The van der Waals surface area contributed by atoms with Gasteiger partial charge in [-0.3, -0.25) is 19.2 Å². The van der Waals surface area contributed by atoms with E-state index in [1.54, 1.807) is 30.3 Å². The smallest absolute Gasteiger partial charge is 0.305 e. The lowest BCUT2D eigenvalue weighted by molar-refractivity contribution is -0.139. The van der Waals surface area contributed by atoms with E-state index in [1.807, 2.05) is 44.2 Å². The molecule has 0 aromatic heterocycles. The first-order valence-electron chi connectivity index (χ1n) is 14.4. The van der Waals surface area contributed by atoms with Crippen molar-refractivity contribution in [3.63, 3.8) is 0 Å². The molecule has 6 atom stereocenters. The van der Waals surface area contributed by atoms with Gasteiger partial charge in [0.2, 0.25) is 11.8 Å². The summed E-state index contributed by atoms with van der Waals surface area (Å²) in [6.45, 7) is 3.24. The van der Waals surface area contributed by atoms with Crippen LogP contribution in [0.5, 0.6) is 0 Å². The molecule has 242 valence electrons. The summed E-state index contributed by atoms with van der Waals surface area (Å²) in [5.74, 6) is -3.48. The number of hydrogen-bond acceptors (Lipinski definition) is 9. The molecule has 0 aliphatic carbocycles. The van der Waals surface area contributed by atoms with E-state index >= 15 is 0 Å². The molecule has 0 saturated heterocycles. The highest BCUT2D eigenvalue weighted by molar-refractivity contribution is 5.90. The Morgan fingerprint density at radius 1 is 0.841 bits per heavy atom. The van der Waals surface area contributed by atoms with Crippen LogP contribution < -0.4 is 21.7 Å². The molecule has 3 amide bonds. The molecule has 2 aromatic carbocycles. The highest BCUT2D eigenvalue weighted by atomic mass is 16.5. The predicted molar refractivity (Wildman–Crippen MR) is 161 cm³/mol. The van der Waals surface area contributed by atoms with Crippen molar-refractivity contribution in [3.05, 3.63) is 71.8 Å². The second-order valence-corrected chi connectivity index (χ2v) is 11.0. The number of carbonyl (C=O) groups excluding carboxylic acids is 3. The minimum atomic E-state index is -1.99. The number of carboxylic acid groups (broad SMARTS) is 1. The molecule has 0 spiro atoms. The van der Waals surface area contributed by atoms with Gasteiger partial charge in [0, 0.05) is 0 Å². The summed E-state index contributed by atoms with van der Waals surface area (Å²) >= 11 is 0. The summed E-state index contributed by atoms with van der Waals surface area (Å²) < 4.78 is 5.53. The number of ether oxygens (including phenoxy) is 1. The van der Waals surface area contributed by atoms with Crippen LogP contribution in [0.25, 0.3) is 0 Å². The molecule has 2 rings (SSSR count). The van der Waals surface area contributed by atoms with E-state index < -0.39 is 79.5 Å². The molecule has 0 bridgehead atoms. The lowest BCUT2D eigenvalue weighted by Crippen LogP contribution is -2.55. The summed E-state index contributed by atoms with van der Waals surface area (Å²) in [6.07, 6.45) is -4.34. The van der Waals surface area contributed by atoms with Crippen molar-refractivity contribution in [1.82, 2.24) is 16.0 Å². The molecule has 0 aliphatic rings. The molecule has 9 N–H and O–H groups in total. The van der Waals surface area contributed by atoms with E-state index in [2.05, 4.69) is 16.0 Å². The van der Waals surface area contributed by atoms with Crippen LogP contribution in [0.2, 0.25) is 0 Å². The Balaban J connectivity index is 1.95. The van der Waals surface area contributed by atoms with Gasteiger partial charge in [0.25, 0.3) is 5.91 Å². The van der Waals surface area contributed by atoms with Crippen LogP contribution in [0.1, 0.15) is 50.3 Å². The molecule has 0 fully saturated rings. The topological polar surface area (TPSA) is 221 Å². The van der Waals surface area contributed by atoms with Crippen LogP contribution in [0.4, 0.5) is 0 Å². The number of aliphatic hydroxyl groups is 3. The highest BCUT2D eigenvalue weighted by Gasteiger charge is 2.31. The van der Waals surface area contributed by atoms with E-state index in [9.17, 15) is 39.6 Å². The van der Waals surface area contributed by atoms with Crippen LogP contribution in [-0.2, 0) is 30.5 Å². The molecular weight excluding hydrogens is 572 g/mol. The molecule has 0 aliphatic heterocycles. The Morgan fingerprint density at radius 3 is 2.02 bits per heavy atom. The third kappa shape index (κ3) is 12.8. The van der Waals surface area contributed by atoms with Gasteiger partial charge < -0.3 is 46.8 Å². The van der Waals surface area contributed by atoms with Crippen LogP contribution in [0.3, 0.4) is 0 Å². The van der Waals surface area contributed by atoms with Gasteiger partial charge in [0.05, 0.1) is 44.4 Å². The number of aliphatic carboxylic acids is 1. The quantitative estimate of drug-likeness (QED) is 0.105. The predicted octanol–water partition coefficient (Wildman–Crippen LogP) is -0.0174. The first-order valence-corrected chi connectivity index (χ1v) is 14.4. The maximum atomic E-state index is 13.1. The fourth-order valence-electron chi connectivity index (χ4n) is 4.38. The maximum Gasteiger partial charge on any atom is 0.305 e. The fourth-order valence-corrected chi connectivity index (χ4v) is 4.38. The van der Waals surface area contributed by atoms with Crippen molar-refractivity contribution < 1.29 is 44.3 Å². The van der Waals surface area contributed by atoms with Gasteiger partial charge in [0.1, 0.15) is 12.1 Å². The van der Waals surface area contributed by atoms with Gasteiger partial charge in [-0.1, -0.05) is 74.5 Å². The van der Waals surface area contributed by atoms with Crippen molar-refractivity contribution in [1.29, 1.82) is 0 Å². The number of rotatable bonds is 19. The molecule has 0 unspecified atom stereocenters. The normalized spacial score (nSPS) is 15.3. The molecule has 2 aromatic rings. The molecule has 0 radical (unpaired) electrons. The van der Waals surface area contributed by atoms with E-state index in [1.165, 1.54) is 0 Å². The van der Waals surface area contributed by atoms with Crippen LogP contribution in [0.15, 0.2) is 60.7 Å². The number of benzene rings is 2. The summed E-state index contributed by atoms with van der Waals surface area (Å²) in [6, 6.07) is 13.5. The molecule has 44 heavy (non-hydrogen) atoms. The standard InChI is InChI=1S/C31H44N4O9/c1-19(2)13-25(35-29(41)23(32)18-44-17-20-9-5-3-6-10-20)30(42)33-22(16-36)14-26(37)28(40)31(43)34-24(15-27(38)39)21-11-7-4-8-12-21/h3-12,19,22-26,28,36-37,40H,13-18,32H2,1-2H3,(H,33,42)(H,34,43)(H,35,41)(H,38,39)/t22-,23+,24+,25+,26-,28+/m1/s1. The molecule has 13 nitrogen and oxygen atoms in total. The number of nitrogens with two attached hydrogens (primary N) is 1. The van der Waals surface area contributed by atoms with E-state index in [0.717, 1.165) is 5.56 Å². The Labute approximate surface area is 256 Å². The second-order valence-electron chi connectivity index (χ2n) is 11.0. The lowest BCUT2D eigenvalue weighted by Gasteiger charge is -2.27. The number of amides is 3. The third-order valence-corrected chi connectivity index (χ3v) is 6.71. The maximum absolute atomic E-state index is 13.1.